The topological polar surface area (TPSA) is 71.4 Å². The Morgan fingerprint density at radius 2 is 1.42 bits per heavy atom. The van der Waals surface area contributed by atoms with Gasteiger partial charge >= 0.3 is 0 Å². The molecule has 0 bridgehead atoms. The standard InChI is InChI=1S/C20H14Br2O4/c21-14-5-1-11(2-6-14)16(23)9-13-10-17(24)18(20(13)26)19(25)12-3-7-15(22)8-4-12/h1-8,13,25H,9-10H2. The van der Waals surface area contributed by atoms with Crippen LogP contribution in [0.25, 0.3) is 5.76 Å². The lowest BCUT2D eigenvalue weighted by Gasteiger charge is -2.07. The van der Waals surface area contributed by atoms with Crippen molar-refractivity contribution in [2.24, 2.45) is 5.92 Å². The molecule has 3 rings (SSSR count). The molecule has 0 spiro atoms. The molecule has 26 heavy (non-hydrogen) atoms. The van der Waals surface area contributed by atoms with Crippen LogP contribution in [0, 0.1) is 5.92 Å². The maximum atomic E-state index is 12.6. The summed E-state index contributed by atoms with van der Waals surface area (Å²) in [5.41, 5.74) is 0.675. The minimum Gasteiger partial charge on any atom is -0.506 e. The van der Waals surface area contributed by atoms with E-state index in [0.717, 1.165) is 8.95 Å². The van der Waals surface area contributed by atoms with Crippen LogP contribution in [-0.4, -0.2) is 22.5 Å². The summed E-state index contributed by atoms with van der Waals surface area (Å²) in [6.45, 7) is 0. The van der Waals surface area contributed by atoms with Crippen molar-refractivity contribution in [3.8, 4) is 0 Å². The quantitative estimate of drug-likeness (QED) is 0.294. The van der Waals surface area contributed by atoms with E-state index >= 15 is 0 Å². The minimum absolute atomic E-state index is 0.0523. The van der Waals surface area contributed by atoms with Gasteiger partial charge in [-0.25, -0.2) is 0 Å². The molecule has 0 radical (unpaired) electrons. The lowest BCUT2D eigenvalue weighted by atomic mass is 9.95. The fourth-order valence-electron chi connectivity index (χ4n) is 2.90. The Bertz CT molecular complexity index is 912. The van der Waals surface area contributed by atoms with E-state index in [1.54, 1.807) is 48.5 Å². The molecule has 1 aliphatic carbocycles. The highest BCUT2D eigenvalue weighted by molar-refractivity contribution is 9.10. The van der Waals surface area contributed by atoms with E-state index in [4.69, 9.17) is 0 Å². The molecule has 6 heteroatoms. The molecule has 1 atom stereocenters. The summed E-state index contributed by atoms with van der Waals surface area (Å²) in [6, 6.07) is 13.5. The Morgan fingerprint density at radius 3 is 1.96 bits per heavy atom. The number of ketones is 3. The molecular weight excluding hydrogens is 464 g/mol. The predicted molar refractivity (Wildman–Crippen MR) is 105 cm³/mol. The maximum absolute atomic E-state index is 12.6. The monoisotopic (exact) mass is 476 g/mol. The molecule has 1 N–H and O–H groups in total. The number of allylic oxidation sites excluding steroid dienone is 1. The van der Waals surface area contributed by atoms with Crippen LogP contribution in [0.5, 0.6) is 0 Å². The molecule has 0 aromatic heterocycles. The number of Topliss-reactive ketones (excluding diaryl/α,β-unsaturated/α-hetero) is 3. The van der Waals surface area contributed by atoms with Gasteiger partial charge < -0.3 is 5.11 Å². The van der Waals surface area contributed by atoms with Crippen molar-refractivity contribution in [3.63, 3.8) is 0 Å². The summed E-state index contributed by atoms with van der Waals surface area (Å²) in [4.78, 5) is 37.3. The van der Waals surface area contributed by atoms with Gasteiger partial charge in [0.05, 0.1) is 0 Å². The first-order valence-corrected chi connectivity index (χ1v) is 9.50. The van der Waals surface area contributed by atoms with Gasteiger partial charge in [0.15, 0.2) is 17.3 Å². The second-order valence-corrected chi connectivity index (χ2v) is 7.88. The van der Waals surface area contributed by atoms with Crippen LogP contribution in [0.3, 0.4) is 0 Å². The van der Waals surface area contributed by atoms with Gasteiger partial charge in [0.1, 0.15) is 11.3 Å². The first-order valence-electron chi connectivity index (χ1n) is 7.92. The molecule has 0 aliphatic heterocycles. The Labute approximate surface area is 167 Å². The number of rotatable bonds is 4. The van der Waals surface area contributed by atoms with Gasteiger partial charge in [-0.15, -0.1) is 0 Å². The zero-order valence-corrected chi connectivity index (χ0v) is 16.7. The molecule has 0 heterocycles. The van der Waals surface area contributed by atoms with E-state index in [1.165, 1.54) is 0 Å². The fraction of sp³-hybridized carbons (Fsp3) is 0.150. The molecule has 4 nitrogen and oxygen atoms in total. The van der Waals surface area contributed by atoms with Crippen LogP contribution in [0.4, 0.5) is 0 Å². The summed E-state index contributed by atoms with van der Waals surface area (Å²) >= 11 is 6.60. The lowest BCUT2D eigenvalue weighted by Crippen LogP contribution is -2.14. The van der Waals surface area contributed by atoms with Gasteiger partial charge in [0.25, 0.3) is 0 Å². The molecule has 1 aliphatic rings. The number of benzene rings is 2. The Balaban J connectivity index is 1.82. The van der Waals surface area contributed by atoms with Crippen molar-refractivity contribution in [2.45, 2.75) is 12.8 Å². The van der Waals surface area contributed by atoms with Gasteiger partial charge in [-0.2, -0.15) is 0 Å². The third kappa shape index (κ3) is 3.86. The van der Waals surface area contributed by atoms with Crippen LogP contribution in [0.2, 0.25) is 0 Å². The largest absolute Gasteiger partial charge is 0.506 e. The van der Waals surface area contributed by atoms with E-state index in [1.807, 2.05) is 0 Å². The third-order valence-electron chi connectivity index (χ3n) is 4.28. The van der Waals surface area contributed by atoms with Gasteiger partial charge in [-0.1, -0.05) is 56.1 Å². The summed E-state index contributed by atoms with van der Waals surface area (Å²) in [6.07, 6.45) is -0.111. The van der Waals surface area contributed by atoms with Crippen molar-refractivity contribution in [1.82, 2.24) is 0 Å². The summed E-state index contributed by atoms with van der Waals surface area (Å²) < 4.78 is 1.67. The smallest absolute Gasteiger partial charge is 0.174 e. The number of hydrogen-bond donors (Lipinski definition) is 1. The molecule has 2 aromatic carbocycles. The highest BCUT2D eigenvalue weighted by Gasteiger charge is 2.40. The molecule has 1 unspecified atom stereocenters. The fourth-order valence-corrected chi connectivity index (χ4v) is 3.43. The van der Waals surface area contributed by atoms with Gasteiger partial charge in [-0.3, -0.25) is 14.4 Å². The third-order valence-corrected chi connectivity index (χ3v) is 5.34. The van der Waals surface area contributed by atoms with E-state index < -0.39 is 17.5 Å². The Hall–Kier alpha value is -2.05. The van der Waals surface area contributed by atoms with Crippen LogP contribution in [0.15, 0.2) is 63.0 Å². The van der Waals surface area contributed by atoms with Gasteiger partial charge in [0, 0.05) is 38.8 Å². The minimum atomic E-state index is -0.730. The molecule has 132 valence electrons. The summed E-state index contributed by atoms with van der Waals surface area (Å²) in [5, 5.41) is 10.4. The SMILES string of the molecule is O=C1CC(CC(=O)c2ccc(Br)cc2)C(=O)C1=C(O)c1ccc(Br)cc1. The Kier molecular flexibility index (Phi) is 5.53. The molecule has 1 saturated carbocycles. The van der Waals surface area contributed by atoms with Crippen molar-refractivity contribution in [3.05, 3.63) is 74.2 Å². The van der Waals surface area contributed by atoms with Crippen LogP contribution in [-0.2, 0) is 9.59 Å². The highest BCUT2D eigenvalue weighted by atomic mass is 79.9. The first kappa shape index (κ1) is 18.7. The number of hydrogen-bond acceptors (Lipinski definition) is 4. The average Bonchev–Trinajstić information content (AvgIpc) is 2.89. The van der Waals surface area contributed by atoms with Crippen molar-refractivity contribution in [2.75, 3.05) is 0 Å². The van der Waals surface area contributed by atoms with Crippen LogP contribution < -0.4 is 0 Å². The van der Waals surface area contributed by atoms with E-state index in [-0.39, 0.29) is 30.0 Å². The van der Waals surface area contributed by atoms with Crippen LogP contribution >= 0.6 is 31.9 Å². The number of aliphatic hydroxyl groups is 1. The average molecular weight is 478 g/mol. The van der Waals surface area contributed by atoms with Gasteiger partial charge in [0.2, 0.25) is 0 Å². The summed E-state index contributed by atoms with van der Waals surface area (Å²) in [5.74, 6) is -2.16. The predicted octanol–water partition coefficient (Wildman–Crippen LogP) is 4.91. The van der Waals surface area contributed by atoms with E-state index in [2.05, 4.69) is 31.9 Å². The molecule has 0 amide bonds. The molecular formula is C20H14Br2O4. The highest BCUT2D eigenvalue weighted by Crippen LogP contribution is 2.32. The lowest BCUT2D eigenvalue weighted by molar-refractivity contribution is -0.118. The second-order valence-electron chi connectivity index (χ2n) is 6.05. The molecule has 1 fully saturated rings. The van der Waals surface area contributed by atoms with Gasteiger partial charge in [-0.05, 0) is 24.3 Å². The van der Waals surface area contributed by atoms with Crippen molar-refractivity contribution < 1.29 is 19.5 Å². The zero-order chi connectivity index (χ0) is 18.8. The maximum Gasteiger partial charge on any atom is 0.174 e. The number of carbonyl (C=O) groups excluding carboxylic acids is 3. The number of aliphatic hydroxyl groups excluding tert-OH is 1. The number of carbonyl (C=O) groups is 3. The molecule has 2 aromatic rings. The van der Waals surface area contributed by atoms with E-state index in [9.17, 15) is 19.5 Å². The zero-order valence-electron chi connectivity index (χ0n) is 13.5. The van der Waals surface area contributed by atoms with Crippen LogP contribution in [0.1, 0.15) is 28.8 Å². The van der Waals surface area contributed by atoms with E-state index in [0.29, 0.717) is 11.1 Å². The molecule has 0 saturated heterocycles. The first-order chi connectivity index (χ1) is 12.4. The van der Waals surface area contributed by atoms with Crippen molar-refractivity contribution >= 4 is 55.0 Å². The Morgan fingerprint density at radius 1 is 0.923 bits per heavy atom. The normalized spacial score (nSPS) is 18.9. The number of halogens is 2. The van der Waals surface area contributed by atoms with Crippen molar-refractivity contribution in [1.29, 1.82) is 0 Å². The summed E-state index contributed by atoms with van der Waals surface area (Å²) in [7, 11) is 0. The second kappa shape index (κ2) is 7.68.